The number of hydrogen-bond acceptors (Lipinski definition) is 4. The van der Waals surface area contributed by atoms with Gasteiger partial charge in [0, 0.05) is 54.6 Å². The highest BCUT2D eigenvalue weighted by atomic mass is 32.1. The zero-order valence-corrected chi connectivity index (χ0v) is 48.4. The highest BCUT2D eigenvalue weighted by Gasteiger charge is 2.47. The average molecular weight is 1020 g/mol. The van der Waals surface area contributed by atoms with Crippen molar-refractivity contribution in [2.75, 3.05) is 14.7 Å². The highest BCUT2D eigenvalue weighted by Crippen LogP contribution is 2.54. The Morgan fingerprint density at radius 3 is 1.52 bits per heavy atom. The summed E-state index contributed by atoms with van der Waals surface area (Å²) in [5.74, 6) is 0. The maximum Gasteiger partial charge on any atom is 0.264 e. The van der Waals surface area contributed by atoms with Gasteiger partial charge in [-0.25, -0.2) is 0 Å². The lowest BCUT2D eigenvalue weighted by Gasteiger charge is -2.45. The molecule has 77 heavy (non-hydrogen) atoms. The average Bonchev–Trinajstić information content (AvgIpc) is 4.30. The second-order valence-electron chi connectivity index (χ2n) is 26.8. The van der Waals surface area contributed by atoms with Gasteiger partial charge in [-0.05, 0) is 200 Å². The summed E-state index contributed by atoms with van der Waals surface area (Å²) in [5.41, 5.74) is 28.1. The quantitative estimate of drug-likeness (QED) is 0.154. The molecule has 0 amide bonds. The van der Waals surface area contributed by atoms with Crippen LogP contribution >= 0.6 is 11.3 Å². The molecule has 0 spiro atoms. The summed E-state index contributed by atoms with van der Waals surface area (Å²) >= 11 is 2.00. The van der Waals surface area contributed by atoms with E-state index in [0.717, 1.165) is 29.9 Å². The van der Waals surface area contributed by atoms with Crippen molar-refractivity contribution in [3.05, 3.63) is 202 Å². The molecule has 0 N–H and O–H groups in total. The van der Waals surface area contributed by atoms with E-state index in [2.05, 4.69) is 256 Å². The van der Waals surface area contributed by atoms with Crippen molar-refractivity contribution >= 4 is 95.0 Å². The Bertz CT molecular complexity index is 3730. The summed E-state index contributed by atoms with van der Waals surface area (Å²) in [7, 11) is 0. The van der Waals surface area contributed by atoms with Crippen molar-refractivity contribution < 1.29 is 0 Å². The van der Waals surface area contributed by atoms with Gasteiger partial charge in [-0.3, -0.25) is 0 Å². The number of nitrogens with zero attached hydrogens (tertiary/aromatic N) is 3. The first-order valence-corrected chi connectivity index (χ1v) is 29.4. The van der Waals surface area contributed by atoms with Gasteiger partial charge in [-0.15, -0.1) is 11.3 Å². The minimum Gasteiger partial charge on any atom is -0.311 e. The van der Waals surface area contributed by atoms with Gasteiger partial charge in [0.15, 0.2) is 0 Å². The lowest BCUT2D eigenvalue weighted by Crippen LogP contribution is -2.60. The summed E-state index contributed by atoms with van der Waals surface area (Å²) in [6.45, 7) is 28.3. The Morgan fingerprint density at radius 2 is 0.948 bits per heavy atom. The van der Waals surface area contributed by atoms with E-state index in [9.17, 15) is 0 Å². The zero-order valence-electron chi connectivity index (χ0n) is 47.6. The molecule has 1 aromatic heterocycles. The SMILES string of the molecule is CC(C)(C)c1ccc(N2c3cc(N(c4ccccc4)c4ccccc4)cc4c3B(c3cc(C(C)(C)C)ccc3N4c3ccc(C(C)(C)C)cc3-c3c4c(cc5c3CCC5)CCC4)c3sc4ccc(C(C)(C)C)cc4c32)cc1. The predicted molar refractivity (Wildman–Crippen MR) is 335 cm³/mol. The van der Waals surface area contributed by atoms with Crippen molar-refractivity contribution in [3.8, 4) is 11.1 Å². The molecule has 9 aromatic rings. The Balaban J connectivity index is 1.20. The van der Waals surface area contributed by atoms with Gasteiger partial charge in [0.2, 0.25) is 0 Å². The molecule has 0 saturated carbocycles. The summed E-state index contributed by atoms with van der Waals surface area (Å²) < 4.78 is 2.73. The van der Waals surface area contributed by atoms with Gasteiger partial charge in [-0.2, -0.15) is 0 Å². The third kappa shape index (κ3) is 8.28. The van der Waals surface area contributed by atoms with Crippen LogP contribution in [0.15, 0.2) is 158 Å². The van der Waals surface area contributed by atoms with E-state index >= 15 is 0 Å². The fourth-order valence-corrected chi connectivity index (χ4v) is 14.6. The van der Waals surface area contributed by atoms with E-state index in [1.807, 2.05) is 11.3 Å². The topological polar surface area (TPSA) is 9.72 Å². The van der Waals surface area contributed by atoms with Crippen LogP contribution in [0.1, 0.15) is 140 Å². The van der Waals surface area contributed by atoms with E-state index < -0.39 is 0 Å². The minimum atomic E-state index is -0.0660. The molecule has 0 unspecified atom stereocenters. The molecular formula is C72H74BN3S. The Labute approximate surface area is 463 Å². The van der Waals surface area contributed by atoms with Crippen LogP contribution < -0.4 is 30.4 Å². The smallest absolute Gasteiger partial charge is 0.264 e. The molecule has 4 aliphatic rings. The van der Waals surface area contributed by atoms with Crippen molar-refractivity contribution in [2.45, 2.75) is 143 Å². The first kappa shape index (κ1) is 49.7. The largest absolute Gasteiger partial charge is 0.311 e. The lowest BCUT2D eigenvalue weighted by molar-refractivity contribution is 0.590. The normalized spacial score (nSPS) is 14.9. The number of para-hydroxylation sites is 2. The molecule has 8 aromatic carbocycles. The fraction of sp³-hybridized carbons (Fsp3) is 0.306. The molecule has 0 bridgehead atoms. The molecule has 13 rings (SSSR count). The van der Waals surface area contributed by atoms with E-state index in [1.165, 1.54) is 119 Å². The summed E-state index contributed by atoms with van der Waals surface area (Å²) in [5, 5.41) is 1.32. The number of aryl methyl sites for hydroxylation is 2. The molecular weight excluding hydrogens is 950 g/mol. The van der Waals surface area contributed by atoms with Crippen molar-refractivity contribution in [3.63, 3.8) is 0 Å². The molecule has 0 atom stereocenters. The molecule has 3 heterocycles. The number of thiophene rings is 1. The molecule has 5 heteroatoms. The summed E-state index contributed by atoms with van der Waals surface area (Å²) in [6, 6.07) is 61.8. The third-order valence-electron chi connectivity index (χ3n) is 17.5. The first-order valence-electron chi connectivity index (χ1n) is 28.5. The van der Waals surface area contributed by atoms with Crippen LogP contribution in [0.25, 0.3) is 21.2 Å². The van der Waals surface area contributed by atoms with E-state index in [-0.39, 0.29) is 28.4 Å². The molecule has 0 fully saturated rings. The fourth-order valence-electron chi connectivity index (χ4n) is 13.3. The second-order valence-corrected chi connectivity index (χ2v) is 27.9. The van der Waals surface area contributed by atoms with E-state index in [4.69, 9.17) is 0 Å². The molecule has 3 nitrogen and oxygen atoms in total. The second kappa shape index (κ2) is 17.9. The number of benzene rings is 8. The lowest BCUT2D eigenvalue weighted by atomic mass is 9.36. The van der Waals surface area contributed by atoms with E-state index in [0.29, 0.717) is 0 Å². The Hall–Kier alpha value is -6.82. The molecule has 0 radical (unpaired) electrons. The van der Waals surface area contributed by atoms with Crippen LogP contribution in [0.2, 0.25) is 0 Å². The van der Waals surface area contributed by atoms with Gasteiger partial charge in [0.25, 0.3) is 6.71 Å². The van der Waals surface area contributed by atoms with Crippen molar-refractivity contribution in [1.29, 1.82) is 0 Å². The highest BCUT2D eigenvalue weighted by molar-refractivity contribution is 7.33. The third-order valence-corrected chi connectivity index (χ3v) is 18.7. The number of fused-ring (bicyclic) bond motifs is 8. The van der Waals surface area contributed by atoms with Crippen molar-refractivity contribution in [1.82, 2.24) is 0 Å². The van der Waals surface area contributed by atoms with Gasteiger partial charge < -0.3 is 14.7 Å². The minimum absolute atomic E-state index is 0.00648. The maximum atomic E-state index is 2.74. The molecule has 386 valence electrons. The standard InChI is InChI=1S/C72H74BN3S/c1-69(2,3)47-29-34-53(35-30-47)75-62-43-54(74(51-23-15-13-16-24-51)52-25-17-14-18-26-52)44-63-66(62)73(68-67(75)58-41-49(71(7,8)9)33-38-64(58)77-68)59-42-50(72(10,11)12)32-37-61(59)76(63)60-36-31-48(70(4,5)6)40-57(60)65-55-27-19-21-45(55)39-46-22-20-28-56(46)65/h13-18,23-26,29-44H,19-22,27-28H2,1-12H3. The van der Waals surface area contributed by atoms with Gasteiger partial charge in [-0.1, -0.05) is 162 Å². The van der Waals surface area contributed by atoms with Crippen LogP contribution in [0, 0.1) is 0 Å². The van der Waals surface area contributed by atoms with Gasteiger partial charge >= 0.3 is 0 Å². The zero-order chi connectivity index (χ0) is 53.5. The van der Waals surface area contributed by atoms with Crippen LogP contribution in [-0.4, -0.2) is 6.71 Å². The van der Waals surface area contributed by atoms with Crippen molar-refractivity contribution in [2.24, 2.45) is 0 Å². The summed E-state index contributed by atoms with van der Waals surface area (Å²) in [4.78, 5) is 7.91. The maximum absolute atomic E-state index is 2.74. The molecule has 2 aliphatic heterocycles. The van der Waals surface area contributed by atoms with Crippen LogP contribution in [0.5, 0.6) is 0 Å². The van der Waals surface area contributed by atoms with E-state index in [1.54, 1.807) is 22.3 Å². The molecule has 0 saturated heterocycles. The van der Waals surface area contributed by atoms with Crippen LogP contribution in [-0.2, 0) is 47.3 Å². The molecule has 2 aliphatic carbocycles. The predicted octanol–water partition coefficient (Wildman–Crippen LogP) is 18.3. The Morgan fingerprint density at radius 1 is 0.442 bits per heavy atom. The number of anilines is 9. The van der Waals surface area contributed by atoms with Gasteiger partial charge in [0.05, 0.1) is 17.1 Å². The number of hydrogen-bond donors (Lipinski definition) is 0. The summed E-state index contributed by atoms with van der Waals surface area (Å²) in [6.07, 6.45) is 7.03. The first-order chi connectivity index (χ1) is 36.7. The monoisotopic (exact) mass is 1020 g/mol. The van der Waals surface area contributed by atoms with Crippen LogP contribution in [0.4, 0.5) is 51.2 Å². The number of rotatable bonds is 6. The van der Waals surface area contributed by atoms with Crippen LogP contribution in [0.3, 0.4) is 0 Å². The van der Waals surface area contributed by atoms with Gasteiger partial charge in [0.1, 0.15) is 0 Å². The Kier molecular flexibility index (Phi) is 11.5.